The fourth-order valence-electron chi connectivity index (χ4n) is 1.66. The zero-order valence-corrected chi connectivity index (χ0v) is 10.8. The third kappa shape index (κ3) is 2.10. The van der Waals surface area contributed by atoms with E-state index in [2.05, 4.69) is 25.6 Å². The van der Waals surface area contributed by atoms with Gasteiger partial charge in [0.15, 0.2) is 0 Å². The van der Waals surface area contributed by atoms with Crippen LogP contribution in [0.1, 0.15) is 11.4 Å². The van der Waals surface area contributed by atoms with E-state index in [1.165, 1.54) is 28.3 Å². The Balaban J connectivity index is 2.01. The predicted molar refractivity (Wildman–Crippen MR) is 72.9 cm³/mol. The molecule has 2 aromatic heterocycles. The zero-order chi connectivity index (χ0) is 13.9. The lowest BCUT2D eigenvalue weighted by Gasteiger charge is -1.96. The second-order valence-electron chi connectivity index (χ2n) is 3.77. The minimum atomic E-state index is 0.356. The molecule has 100 valence electrons. The molecule has 0 aliphatic rings. The highest BCUT2D eigenvalue weighted by Gasteiger charge is 2.11. The van der Waals surface area contributed by atoms with Gasteiger partial charge in [-0.3, -0.25) is 0 Å². The van der Waals surface area contributed by atoms with Crippen LogP contribution >= 0.6 is 11.3 Å². The van der Waals surface area contributed by atoms with Gasteiger partial charge in [0.1, 0.15) is 11.2 Å². The summed E-state index contributed by atoms with van der Waals surface area (Å²) >= 11 is 1.37. The quantitative estimate of drug-likeness (QED) is 0.431. The van der Waals surface area contributed by atoms with Gasteiger partial charge in [-0.15, -0.1) is 10.2 Å². The van der Waals surface area contributed by atoms with Crippen LogP contribution in [0.4, 0.5) is 0 Å². The van der Waals surface area contributed by atoms with Crippen molar-refractivity contribution in [2.75, 3.05) is 0 Å². The lowest BCUT2D eigenvalue weighted by molar-refractivity contribution is 0.321. The summed E-state index contributed by atoms with van der Waals surface area (Å²) in [7, 11) is 0. The van der Waals surface area contributed by atoms with E-state index in [9.17, 15) is 0 Å². The Morgan fingerprint density at radius 2 is 1.80 bits per heavy atom. The molecule has 8 nitrogen and oxygen atoms in total. The normalized spacial score (nSPS) is 12.0. The topological polar surface area (TPSA) is 108 Å². The van der Waals surface area contributed by atoms with E-state index in [4.69, 9.17) is 10.4 Å². The van der Waals surface area contributed by atoms with Crippen LogP contribution in [-0.4, -0.2) is 42.7 Å². The zero-order valence-electron chi connectivity index (χ0n) is 9.95. The molecular weight excluding hydrogens is 280 g/mol. The van der Waals surface area contributed by atoms with Gasteiger partial charge in [-0.2, -0.15) is 9.61 Å². The maximum Gasteiger partial charge on any atom is 0.235 e. The van der Waals surface area contributed by atoms with Gasteiger partial charge in [0, 0.05) is 5.56 Å². The fraction of sp³-hybridized carbons (Fsp3) is 0. The molecule has 0 aliphatic heterocycles. The lowest BCUT2D eigenvalue weighted by Crippen LogP contribution is -1.94. The van der Waals surface area contributed by atoms with Gasteiger partial charge < -0.3 is 10.4 Å². The van der Waals surface area contributed by atoms with Crippen LogP contribution in [0, 0.1) is 0 Å². The molecular formula is C11H8N6O2S. The molecule has 0 radical (unpaired) electrons. The summed E-state index contributed by atoms with van der Waals surface area (Å²) in [4.78, 5) is 0.607. The van der Waals surface area contributed by atoms with Gasteiger partial charge >= 0.3 is 0 Å². The molecule has 3 aromatic rings. The smallest absolute Gasteiger partial charge is 0.235 e. The number of hydrogen-bond donors (Lipinski definition) is 2. The van der Waals surface area contributed by atoms with Crippen LogP contribution in [-0.2, 0) is 0 Å². The van der Waals surface area contributed by atoms with E-state index in [-0.39, 0.29) is 0 Å². The summed E-state index contributed by atoms with van der Waals surface area (Å²) in [5.74, 6) is 0.356. The molecule has 0 atom stereocenters. The van der Waals surface area contributed by atoms with Crippen LogP contribution in [0.15, 0.2) is 34.6 Å². The molecule has 0 fully saturated rings. The van der Waals surface area contributed by atoms with Crippen LogP contribution in [0.25, 0.3) is 15.5 Å². The molecule has 0 spiro atoms. The first-order chi connectivity index (χ1) is 9.81. The van der Waals surface area contributed by atoms with Gasteiger partial charge in [0.2, 0.25) is 10.8 Å². The first-order valence-electron chi connectivity index (χ1n) is 5.49. The molecule has 2 N–H and O–H groups in total. The Labute approximate surface area is 116 Å². The minimum Gasteiger partial charge on any atom is -0.411 e. The summed E-state index contributed by atoms with van der Waals surface area (Å²) in [5.41, 5.74) is 1.69. The van der Waals surface area contributed by atoms with E-state index in [0.717, 1.165) is 16.1 Å². The van der Waals surface area contributed by atoms with Gasteiger partial charge in [-0.05, 0) is 5.56 Å². The largest absolute Gasteiger partial charge is 0.411 e. The van der Waals surface area contributed by atoms with Crippen LogP contribution in [0.3, 0.4) is 0 Å². The fourth-order valence-corrected chi connectivity index (χ4v) is 2.51. The highest BCUT2D eigenvalue weighted by Crippen LogP contribution is 2.25. The highest BCUT2D eigenvalue weighted by atomic mass is 32.1. The average Bonchev–Trinajstić information content (AvgIpc) is 3.02. The Morgan fingerprint density at radius 1 is 1.05 bits per heavy atom. The van der Waals surface area contributed by atoms with Crippen molar-refractivity contribution in [2.45, 2.75) is 0 Å². The summed E-state index contributed by atoms with van der Waals surface area (Å²) in [5, 5.41) is 35.8. The Hall–Kier alpha value is -2.81. The van der Waals surface area contributed by atoms with Crippen molar-refractivity contribution in [3.05, 3.63) is 35.7 Å². The van der Waals surface area contributed by atoms with E-state index in [0.29, 0.717) is 10.8 Å². The molecule has 20 heavy (non-hydrogen) atoms. The molecule has 9 heteroatoms. The predicted octanol–water partition coefficient (Wildman–Crippen LogP) is 1.47. The molecule has 0 aliphatic carbocycles. The van der Waals surface area contributed by atoms with E-state index < -0.39 is 0 Å². The molecule has 2 heterocycles. The first-order valence-corrected chi connectivity index (χ1v) is 6.31. The number of nitrogens with zero attached hydrogens (tertiary/aromatic N) is 6. The van der Waals surface area contributed by atoms with Gasteiger partial charge in [-0.1, -0.05) is 45.9 Å². The monoisotopic (exact) mass is 288 g/mol. The highest BCUT2D eigenvalue weighted by molar-refractivity contribution is 7.19. The minimum absolute atomic E-state index is 0.356. The summed E-state index contributed by atoms with van der Waals surface area (Å²) < 4.78 is 1.50. The average molecular weight is 288 g/mol. The van der Waals surface area contributed by atoms with Crippen molar-refractivity contribution in [1.29, 1.82) is 0 Å². The molecule has 1 aromatic carbocycles. The van der Waals surface area contributed by atoms with Crippen molar-refractivity contribution in [1.82, 2.24) is 19.8 Å². The Morgan fingerprint density at radius 3 is 2.50 bits per heavy atom. The molecule has 0 amide bonds. The van der Waals surface area contributed by atoms with Crippen LogP contribution in [0.2, 0.25) is 0 Å². The second kappa shape index (κ2) is 5.05. The number of hydrogen-bond acceptors (Lipinski definition) is 8. The summed E-state index contributed by atoms with van der Waals surface area (Å²) in [6, 6.07) is 7.35. The van der Waals surface area contributed by atoms with Gasteiger partial charge in [-0.25, -0.2) is 0 Å². The third-order valence-electron chi connectivity index (χ3n) is 2.55. The maximum absolute atomic E-state index is 8.53. The van der Waals surface area contributed by atoms with Crippen molar-refractivity contribution in [3.8, 4) is 10.6 Å². The molecule has 0 unspecified atom stereocenters. The van der Waals surface area contributed by atoms with Crippen molar-refractivity contribution in [3.63, 3.8) is 0 Å². The first kappa shape index (κ1) is 12.2. The SMILES string of the molecule is O/N=C\c1ccc(-c2nn3c(/C=N\O)nnc3s2)cc1. The number of oxime groups is 2. The molecule has 0 saturated carbocycles. The standard InChI is InChI=1S/C11H8N6O2S/c18-12-5-7-1-3-8(4-2-7)10-16-17-9(6-13-19)14-15-11(17)20-10/h1-6,18-19H/b12-5-,13-6-. The second-order valence-corrected chi connectivity index (χ2v) is 4.73. The number of rotatable bonds is 3. The number of fused-ring (bicyclic) bond motifs is 1. The third-order valence-corrected chi connectivity index (χ3v) is 3.50. The number of aromatic nitrogens is 4. The van der Waals surface area contributed by atoms with Crippen molar-refractivity contribution < 1.29 is 10.4 Å². The van der Waals surface area contributed by atoms with Gasteiger partial charge in [0.05, 0.1) is 6.21 Å². The van der Waals surface area contributed by atoms with Crippen LogP contribution in [0.5, 0.6) is 0 Å². The molecule has 0 saturated heterocycles. The Bertz CT molecular complexity index is 789. The van der Waals surface area contributed by atoms with E-state index in [1.807, 2.05) is 24.3 Å². The van der Waals surface area contributed by atoms with Gasteiger partial charge in [0.25, 0.3) is 0 Å². The lowest BCUT2D eigenvalue weighted by atomic mass is 10.1. The van der Waals surface area contributed by atoms with Crippen LogP contribution < -0.4 is 0 Å². The van der Waals surface area contributed by atoms with Crippen molar-refractivity contribution in [2.24, 2.45) is 10.3 Å². The van der Waals surface area contributed by atoms with E-state index in [1.54, 1.807) is 0 Å². The number of benzene rings is 1. The van der Waals surface area contributed by atoms with Crippen molar-refractivity contribution >= 4 is 28.7 Å². The summed E-state index contributed by atoms with van der Waals surface area (Å²) in [6.07, 6.45) is 2.52. The van der Waals surface area contributed by atoms with E-state index >= 15 is 0 Å². The molecule has 0 bridgehead atoms. The summed E-state index contributed by atoms with van der Waals surface area (Å²) in [6.45, 7) is 0. The molecule has 3 rings (SSSR count). The Kier molecular flexibility index (Phi) is 3.09. The maximum atomic E-state index is 8.53.